The van der Waals surface area contributed by atoms with Crippen molar-refractivity contribution in [2.45, 2.75) is 31.8 Å². The van der Waals surface area contributed by atoms with Crippen LogP contribution in [0.5, 0.6) is 0 Å². The zero-order chi connectivity index (χ0) is 12.2. The first kappa shape index (κ1) is 13.1. The van der Waals surface area contributed by atoms with E-state index < -0.39 is 12.0 Å². The van der Waals surface area contributed by atoms with Crippen molar-refractivity contribution in [1.82, 2.24) is 0 Å². The number of aliphatic hydroxyl groups is 1. The molecule has 4 heteroatoms. The summed E-state index contributed by atoms with van der Waals surface area (Å²) >= 11 is 0. The van der Waals surface area contributed by atoms with Crippen molar-refractivity contribution in [2.24, 2.45) is 5.73 Å². The van der Waals surface area contributed by atoms with Crippen LogP contribution in [0.25, 0.3) is 0 Å². The highest BCUT2D eigenvalue weighted by Gasteiger charge is 2.30. The van der Waals surface area contributed by atoms with Gasteiger partial charge in [-0.25, -0.2) is 8.78 Å². The monoisotopic (exact) mass is 229 g/mol. The fourth-order valence-electron chi connectivity index (χ4n) is 1.57. The van der Waals surface area contributed by atoms with Gasteiger partial charge in [0.1, 0.15) is 0 Å². The molecule has 0 aliphatic rings. The smallest absolute Gasteiger partial charge is 0.273 e. The summed E-state index contributed by atoms with van der Waals surface area (Å²) in [4.78, 5) is 0. The molecular weight excluding hydrogens is 212 g/mol. The molecule has 0 aliphatic carbocycles. The van der Waals surface area contributed by atoms with E-state index in [1.54, 1.807) is 13.0 Å². The maximum atomic E-state index is 13.6. The zero-order valence-corrected chi connectivity index (χ0v) is 9.29. The van der Waals surface area contributed by atoms with E-state index in [0.717, 1.165) is 0 Å². The largest absolute Gasteiger partial charge is 0.387 e. The second kappa shape index (κ2) is 5.37. The second-order valence-corrected chi connectivity index (χ2v) is 3.83. The number of alkyl halides is 2. The van der Waals surface area contributed by atoms with Crippen LogP contribution < -0.4 is 5.73 Å². The molecule has 90 valence electrons. The van der Waals surface area contributed by atoms with Crippen molar-refractivity contribution in [3.63, 3.8) is 0 Å². The van der Waals surface area contributed by atoms with Crippen LogP contribution in [-0.4, -0.2) is 11.7 Å². The highest BCUT2D eigenvalue weighted by atomic mass is 19.3. The average molecular weight is 229 g/mol. The Labute approximate surface area is 94.1 Å². The molecule has 0 radical (unpaired) electrons. The Morgan fingerprint density at radius 2 is 2.12 bits per heavy atom. The highest BCUT2D eigenvalue weighted by Crippen LogP contribution is 2.33. The van der Waals surface area contributed by atoms with Gasteiger partial charge in [0.15, 0.2) is 0 Å². The van der Waals surface area contributed by atoms with Crippen molar-refractivity contribution >= 4 is 0 Å². The fraction of sp³-hybridized carbons (Fsp3) is 0.500. The Morgan fingerprint density at radius 3 is 2.69 bits per heavy atom. The number of benzene rings is 1. The van der Waals surface area contributed by atoms with Gasteiger partial charge in [0, 0.05) is 18.5 Å². The summed E-state index contributed by atoms with van der Waals surface area (Å²) < 4.78 is 27.2. The van der Waals surface area contributed by atoms with Crippen LogP contribution in [-0.2, 0) is 5.92 Å². The lowest BCUT2D eigenvalue weighted by molar-refractivity contribution is -0.0142. The number of halogens is 2. The minimum atomic E-state index is -2.83. The van der Waals surface area contributed by atoms with Gasteiger partial charge in [-0.05, 0) is 11.6 Å². The van der Waals surface area contributed by atoms with E-state index in [1.165, 1.54) is 18.2 Å². The Bertz CT molecular complexity index is 342. The van der Waals surface area contributed by atoms with E-state index >= 15 is 0 Å². The van der Waals surface area contributed by atoms with E-state index in [-0.39, 0.29) is 18.5 Å². The lowest BCUT2D eigenvalue weighted by Gasteiger charge is -2.17. The first-order valence-corrected chi connectivity index (χ1v) is 5.37. The quantitative estimate of drug-likeness (QED) is 0.815. The molecule has 0 aliphatic heterocycles. The summed E-state index contributed by atoms with van der Waals surface area (Å²) in [7, 11) is 0. The molecule has 1 rings (SSSR count). The average Bonchev–Trinajstić information content (AvgIpc) is 2.28. The number of aliphatic hydroxyl groups excluding tert-OH is 1. The van der Waals surface area contributed by atoms with Crippen molar-refractivity contribution in [3.8, 4) is 0 Å². The minimum absolute atomic E-state index is 0.0306. The topological polar surface area (TPSA) is 46.2 Å². The van der Waals surface area contributed by atoms with Gasteiger partial charge < -0.3 is 10.8 Å². The van der Waals surface area contributed by atoms with Gasteiger partial charge in [-0.3, -0.25) is 0 Å². The van der Waals surface area contributed by atoms with Gasteiger partial charge in [0.2, 0.25) is 0 Å². The van der Waals surface area contributed by atoms with Gasteiger partial charge in [-0.15, -0.1) is 0 Å². The third kappa shape index (κ3) is 3.00. The Hall–Kier alpha value is -1.00. The predicted molar refractivity (Wildman–Crippen MR) is 59.3 cm³/mol. The van der Waals surface area contributed by atoms with E-state index in [2.05, 4.69) is 0 Å². The standard InChI is InChI=1S/C12H17F2NO/c1-2-6-12(13,14)10-5-3-4-9(7-10)11(16)8-15/h3-5,7,11,16H,2,6,8,15H2,1H3. The van der Waals surface area contributed by atoms with Gasteiger partial charge in [0.05, 0.1) is 6.10 Å². The fourth-order valence-corrected chi connectivity index (χ4v) is 1.57. The molecule has 0 saturated heterocycles. The molecule has 1 unspecified atom stereocenters. The van der Waals surface area contributed by atoms with Crippen molar-refractivity contribution in [3.05, 3.63) is 35.4 Å². The van der Waals surface area contributed by atoms with E-state index in [4.69, 9.17) is 5.73 Å². The van der Waals surface area contributed by atoms with Crippen LogP contribution >= 0.6 is 0 Å². The van der Waals surface area contributed by atoms with Crippen molar-refractivity contribution in [2.75, 3.05) is 6.54 Å². The molecule has 1 atom stereocenters. The number of nitrogens with two attached hydrogens (primary N) is 1. The first-order valence-electron chi connectivity index (χ1n) is 5.37. The summed E-state index contributed by atoms with van der Waals surface area (Å²) in [5, 5.41) is 9.48. The summed E-state index contributed by atoms with van der Waals surface area (Å²) in [6.07, 6.45) is -0.649. The van der Waals surface area contributed by atoms with Crippen LogP contribution in [0, 0.1) is 0 Å². The summed E-state index contributed by atoms with van der Waals surface area (Å²) in [6.45, 7) is 1.75. The Morgan fingerprint density at radius 1 is 1.44 bits per heavy atom. The normalized spacial score (nSPS) is 13.8. The molecule has 1 aromatic carbocycles. The number of hydrogen-bond acceptors (Lipinski definition) is 2. The van der Waals surface area contributed by atoms with E-state index in [1.807, 2.05) is 0 Å². The number of hydrogen-bond donors (Lipinski definition) is 2. The van der Waals surface area contributed by atoms with Crippen LogP contribution in [0.1, 0.15) is 37.0 Å². The van der Waals surface area contributed by atoms with Crippen LogP contribution in [0.3, 0.4) is 0 Å². The lowest BCUT2D eigenvalue weighted by Crippen LogP contribution is -2.15. The summed E-state index contributed by atoms with van der Waals surface area (Å²) in [6, 6.07) is 5.83. The van der Waals surface area contributed by atoms with E-state index in [9.17, 15) is 13.9 Å². The summed E-state index contributed by atoms with van der Waals surface area (Å²) in [5.74, 6) is -2.83. The third-order valence-corrected chi connectivity index (χ3v) is 2.48. The SMILES string of the molecule is CCCC(F)(F)c1cccc(C(O)CN)c1. The molecule has 0 heterocycles. The van der Waals surface area contributed by atoms with Crippen LogP contribution in [0.2, 0.25) is 0 Å². The minimum Gasteiger partial charge on any atom is -0.387 e. The van der Waals surface area contributed by atoms with Crippen LogP contribution in [0.4, 0.5) is 8.78 Å². The zero-order valence-electron chi connectivity index (χ0n) is 9.29. The molecule has 0 spiro atoms. The molecule has 1 aromatic rings. The molecule has 0 bridgehead atoms. The highest BCUT2D eigenvalue weighted by molar-refractivity contribution is 5.28. The summed E-state index contributed by atoms with van der Waals surface area (Å²) in [5.41, 5.74) is 5.67. The molecule has 3 N–H and O–H groups in total. The Kier molecular flexibility index (Phi) is 4.38. The van der Waals surface area contributed by atoms with Gasteiger partial charge in [-0.1, -0.05) is 31.5 Å². The molecule has 2 nitrogen and oxygen atoms in total. The van der Waals surface area contributed by atoms with Crippen molar-refractivity contribution in [1.29, 1.82) is 0 Å². The molecule has 16 heavy (non-hydrogen) atoms. The molecule has 0 saturated carbocycles. The van der Waals surface area contributed by atoms with E-state index in [0.29, 0.717) is 12.0 Å². The molecular formula is C12H17F2NO. The molecule has 0 aromatic heterocycles. The maximum Gasteiger partial charge on any atom is 0.273 e. The third-order valence-electron chi connectivity index (χ3n) is 2.48. The van der Waals surface area contributed by atoms with Gasteiger partial charge in [0.25, 0.3) is 5.92 Å². The molecule has 0 amide bonds. The van der Waals surface area contributed by atoms with Gasteiger partial charge >= 0.3 is 0 Å². The number of rotatable bonds is 5. The second-order valence-electron chi connectivity index (χ2n) is 3.83. The predicted octanol–water partition coefficient (Wildman–Crippen LogP) is 2.57. The molecule has 0 fully saturated rings. The Balaban J connectivity index is 2.98. The van der Waals surface area contributed by atoms with Crippen molar-refractivity contribution < 1.29 is 13.9 Å². The first-order chi connectivity index (χ1) is 7.51. The maximum absolute atomic E-state index is 13.6. The van der Waals surface area contributed by atoms with Gasteiger partial charge in [-0.2, -0.15) is 0 Å². The van der Waals surface area contributed by atoms with Crippen LogP contribution in [0.15, 0.2) is 24.3 Å². The lowest BCUT2D eigenvalue weighted by atomic mass is 9.99.